The van der Waals surface area contributed by atoms with E-state index in [2.05, 4.69) is 14.5 Å². The third-order valence-corrected chi connectivity index (χ3v) is 4.42. The lowest BCUT2D eigenvalue weighted by molar-refractivity contribution is -0.0277. The molecule has 0 bridgehead atoms. The molecule has 6 nitrogen and oxygen atoms in total. The second-order valence-corrected chi connectivity index (χ2v) is 6.04. The van der Waals surface area contributed by atoms with E-state index >= 15 is 0 Å². The van der Waals surface area contributed by atoms with Gasteiger partial charge in [0.05, 0.1) is 12.1 Å². The molecule has 2 saturated heterocycles. The van der Waals surface area contributed by atoms with E-state index in [1.54, 1.807) is 0 Å². The predicted octanol–water partition coefficient (Wildman–Crippen LogP) is -1.10. The smallest absolute Gasteiger partial charge is 0.0882 e. The summed E-state index contributed by atoms with van der Waals surface area (Å²) < 4.78 is 23.9. The van der Waals surface area contributed by atoms with Gasteiger partial charge < -0.3 is 14.6 Å². The quantitative estimate of drug-likeness (QED) is 0.640. The predicted molar refractivity (Wildman–Crippen MR) is 68.6 cm³/mol. The van der Waals surface area contributed by atoms with E-state index in [1.165, 1.54) is 19.3 Å². The molecule has 18 heavy (non-hydrogen) atoms. The van der Waals surface area contributed by atoms with Gasteiger partial charge in [-0.15, -0.1) is 0 Å². The Bertz CT molecular complexity index is 299. The highest BCUT2D eigenvalue weighted by Gasteiger charge is 2.37. The fourth-order valence-corrected chi connectivity index (χ4v) is 3.49. The Kier molecular flexibility index (Phi) is 5.11. The molecule has 7 heteroatoms. The van der Waals surface area contributed by atoms with Crippen LogP contribution in [0.2, 0.25) is 0 Å². The maximum absolute atomic E-state index is 10.7. The third kappa shape index (κ3) is 3.49. The molecule has 2 aliphatic rings. The first kappa shape index (κ1) is 14.4. The van der Waals surface area contributed by atoms with E-state index < -0.39 is 23.4 Å². The fourth-order valence-electron chi connectivity index (χ4n) is 3.03. The molecule has 0 aliphatic carbocycles. The van der Waals surface area contributed by atoms with Crippen molar-refractivity contribution < 1.29 is 13.9 Å². The second kappa shape index (κ2) is 6.40. The number of hydrogen-bond donors (Lipinski definition) is 2. The Balaban J connectivity index is 2.01. The van der Waals surface area contributed by atoms with Crippen LogP contribution < -0.4 is 4.72 Å². The number of aliphatic hydroxyl groups is 1. The molecule has 2 heterocycles. The van der Waals surface area contributed by atoms with E-state index in [0.29, 0.717) is 6.54 Å². The van der Waals surface area contributed by atoms with Gasteiger partial charge in [0, 0.05) is 30.4 Å². The van der Waals surface area contributed by atoms with E-state index in [-0.39, 0.29) is 6.04 Å². The summed E-state index contributed by atoms with van der Waals surface area (Å²) >= 11 is -2.32. The average molecular weight is 276 g/mol. The van der Waals surface area contributed by atoms with E-state index in [4.69, 9.17) is 0 Å². The lowest BCUT2D eigenvalue weighted by atomic mass is 9.95. The number of piperidine rings is 2. The van der Waals surface area contributed by atoms with Crippen molar-refractivity contribution in [2.45, 2.75) is 37.5 Å². The Morgan fingerprint density at radius 1 is 1.28 bits per heavy atom. The molecule has 106 valence electrons. The van der Waals surface area contributed by atoms with Crippen LogP contribution in [0.15, 0.2) is 0 Å². The number of likely N-dealkylation sites (N-methyl/N-ethyl adjacent to an activating group) is 1. The van der Waals surface area contributed by atoms with Crippen LogP contribution in [0.4, 0.5) is 0 Å². The van der Waals surface area contributed by atoms with Crippen molar-refractivity contribution in [3.8, 4) is 0 Å². The Morgan fingerprint density at radius 3 is 2.56 bits per heavy atom. The maximum Gasteiger partial charge on any atom is 0.0882 e. The Morgan fingerprint density at radius 2 is 1.94 bits per heavy atom. The summed E-state index contributed by atoms with van der Waals surface area (Å²) in [5.41, 5.74) is 0. The van der Waals surface area contributed by atoms with Gasteiger partial charge in [0.15, 0.2) is 0 Å². The van der Waals surface area contributed by atoms with Crippen molar-refractivity contribution in [3.05, 3.63) is 0 Å². The monoisotopic (exact) mass is 276 g/mol. The summed E-state index contributed by atoms with van der Waals surface area (Å²) in [6, 6.07) is -0.376. The van der Waals surface area contributed by atoms with Gasteiger partial charge in [-0.25, -0.2) is 4.72 Å². The van der Waals surface area contributed by atoms with Crippen LogP contribution in [0.1, 0.15) is 19.3 Å². The molecule has 0 spiro atoms. The van der Waals surface area contributed by atoms with Crippen molar-refractivity contribution in [1.29, 1.82) is 0 Å². The first-order valence-corrected chi connectivity index (χ1v) is 7.61. The lowest BCUT2D eigenvalue weighted by Gasteiger charge is -2.46. The molecule has 0 saturated carbocycles. The number of nitrogens with one attached hydrogen (secondary N) is 1. The SMILES string of the molecule is CN1C[C@@H](NS(=O)[O-])[C@H](O)[C@@H](N2CCCCC2)C1. The number of nitrogens with zero attached hydrogens (tertiary/aromatic N) is 2. The second-order valence-electron chi connectivity index (χ2n) is 5.33. The normalized spacial score (nSPS) is 37.6. The zero-order valence-corrected chi connectivity index (χ0v) is 11.6. The molecule has 2 aliphatic heterocycles. The minimum absolute atomic E-state index is 0.0325. The number of likely N-dealkylation sites (tertiary alicyclic amines) is 2. The van der Waals surface area contributed by atoms with Crippen molar-refractivity contribution >= 4 is 11.3 Å². The summed E-state index contributed by atoms with van der Waals surface area (Å²) in [4.78, 5) is 4.38. The number of rotatable bonds is 3. The summed E-state index contributed by atoms with van der Waals surface area (Å²) in [7, 11) is 1.96. The van der Waals surface area contributed by atoms with Gasteiger partial charge in [0.25, 0.3) is 0 Å². The minimum Gasteiger partial charge on any atom is -0.760 e. The van der Waals surface area contributed by atoms with E-state index in [9.17, 15) is 13.9 Å². The Hall–Kier alpha value is -0.0500. The van der Waals surface area contributed by atoms with Crippen LogP contribution in [0.5, 0.6) is 0 Å². The van der Waals surface area contributed by atoms with Gasteiger partial charge in [-0.3, -0.25) is 9.11 Å². The Labute approximate surface area is 111 Å². The van der Waals surface area contributed by atoms with Crippen molar-refractivity contribution in [2.75, 3.05) is 33.2 Å². The van der Waals surface area contributed by atoms with Crippen LogP contribution in [0.25, 0.3) is 0 Å². The van der Waals surface area contributed by atoms with Crippen molar-refractivity contribution in [2.24, 2.45) is 0 Å². The summed E-state index contributed by atoms with van der Waals surface area (Å²) in [6.45, 7) is 3.36. The van der Waals surface area contributed by atoms with Crippen LogP contribution >= 0.6 is 0 Å². The number of hydrogen-bond acceptors (Lipinski definition) is 5. The number of aliphatic hydroxyl groups excluding tert-OH is 1. The van der Waals surface area contributed by atoms with Crippen molar-refractivity contribution in [3.63, 3.8) is 0 Å². The molecule has 4 atom stereocenters. The first-order chi connectivity index (χ1) is 8.58. The molecule has 0 radical (unpaired) electrons. The molecule has 1 unspecified atom stereocenters. The van der Waals surface area contributed by atoms with Crippen LogP contribution in [-0.4, -0.2) is 75.1 Å². The molecule has 0 amide bonds. The van der Waals surface area contributed by atoms with Gasteiger partial charge in [-0.05, 0) is 33.0 Å². The average Bonchev–Trinajstić information content (AvgIpc) is 2.34. The molecule has 2 N–H and O–H groups in total. The van der Waals surface area contributed by atoms with Gasteiger partial charge in [-0.2, -0.15) is 0 Å². The van der Waals surface area contributed by atoms with Gasteiger partial charge in [0.1, 0.15) is 0 Å². The molecule has 2 rings (SSSR count). The molecular formula is C11H22N3O3S-. The molecule has 0 aromatic rings. The summed E-state index contributed by atoms with van der Waals surface area (Å²) in [5.74, 6) is 0. The highest BCUT2D eigenvalue weighted by Crippen LogP contribution is 2.20. The lowest BCUT2D eigenvalue weighted by Crippen LogP contribution is -2.64. The minimum atomic E-state index is -2.32. The van der Waals surface area contributed by atoms with E-state index in [1.807, 2.05) is 7.05 Å². The summed E-state index contributed by atoms with van der Waals surface area (Å²) in [6.07, 6.45) is 2.95. The van der Waals surface area contributed by atoms with Crippen LogP contribution in [-0.2, 0) is 11.3 Å². The zero-order valence-electron chi connectivity index (χ0n) is 10.7. The maximum atomic E-state index is 10.7. The first-order valence-electron chi connectivity index (χ1n) is 6.54. The highest BCUT2D eigenvalue weighted by atomic mass is 32.2. The molecule has 2 fully saturated rings. The topological polar surface area (TPSA) is 78.9 Å². The van der Waals surface area contributed by atoms with Gasteiger partial charge in [-0.1, -0.05) is 6.42 Å². The van der Waals surface area contributed by atoms with E-state index in [0.717, 1.165) is 19.6 Å². The van der Waals surface area contributed by atoms with Crippen LogP contribution in [0.3, 0.4) is 0 Å². The molecule has 0 aromatic heterocycles. The molecular weight excluding hydrogens is 254 g/mol. The van der Waals surface area contributed by atoms with Crippen LogP contribution in [0, 0.1) is 0 Å². The molecule has 0 aromatic carbocycles. The fraction of sp³-hybridized carbons (Fsp3) is 1.00. The third-order valence-electron chi connectivity index (χ3n) is 3.92. The van der Waals surface area contributed by atoms with Gasteiger partial charge in [0.2, 0.25) is 0 Å². The highest BCUT2D eigenvalue weighted by molar-refractivity contribution is 7.77. The largest absolute Gasteiger partial charge is 0.760 e. The standard InChI is InChI=1S/C11H23N3O3S/c1-13-7-9(12-18(16)17)11(15)10(8-13)14-5-3-2-4-6-14/h9-12,15H,2-8H2,1H3,(H,16,17)/p-1/t9-,10+,11+/m1/s1. The summed E-state index contributed by atoms with van der Waals surface area (Å²) in [5, 5.41) is 10.3. The van der Waals surface area contributed by atoms with Crippen molar-refractivity contribution in [1.82, 2.24) is 14.5 Å². The zero-order chi connectivity index (χ0) is 13.1. The van der Waals surface area contributed by atoms with Gasteiger partial charge >= 0.3 is 0 Å².